The van der Waals surface area contributed by atoms with Crippen LogP contribution in [0.15, 0.2) is 48.5 Å². The second-order valence-corrected chi connectivity index (χ2v) is 5.46. The van der Waals surface area contributed by atoms with Gasteiger partial charge in [-0.1, -0.05) is 24.3 Å². The average Bonchev–Trinajstić information content (AvgIpc) is 2.79. The summed E-state index contributed by atoms with van der Waals surface area (Å²) in [5.74, 6) is -0.476. The number of rotatable bonds is 3. The van der Waals surface area contributed by atoms with Gasteiger partial charge in [-0.25, -0.2) is 0 Å². The van der Waals surface area contributed by atoms with Crippen LogP contribution >= 0.6 is 0 Å². The van der Waals surface area contributed by atoms with Crippen LogP contribution in [0, 0.1) is 5.41 Å². The normalized spacial score (nSPS) is 11.8. The fourth-order valence-electron chi connectivity index (χ4n) is 2.65. The van der Waals surface area contributed by atoms with Crippen molar-refractivity contribution in [1.82, 2.24) is 9.13 Å². The Bertz CT molecular complexity index is 983. The van der Waals surface area contributed by atoms with Gasteiger partial charge in [0.1, 0.15) is 0 Å². The molecule has 124 valence electrons. The zero-order valence-corrected chi connectivity index (χ0v) is 12.8. The summed E-state index contributed by atoms with van der Waals surface area (Å²) in [6.45, 7) is -0.193. The third kappa shape index (κ3) is 2.73. The van der Waals surface area contributed by atoms with Gasteiger partial charge in [-0.15, -0.1) is 0 Å². The minimum absolute atomic E-state index is 0.0235. The average molecular weight is 333 g/mol. The molecule has 0 spiro atoms. The van der Waals surface area contributed by atoms with Gasteiger partial charge in [-0.3, -0.25) is 10.2 Å². The maximum absolute atomic E-state index is 12.8. The lowest BCUT2D eigenvalue weighted by Gasteiger charge is -2.09. The highest BCUT2D eigenvalue weighted by Crippen LogP contribution is 2.29. The summed E-state index contributed by atoms with van der Waals surface area (Å²) in [6, 6.07) is 11.5. The highest BCUT2D eigenvalue weighted by atomic mass is 19.4. The van der Waals surface area contributed by atoms with Crippen LogP contribution in [0.1, 0.15) is 15.9 Å². The molecule has 1 aromatic heterocycles. The van der Waals surface area contributed by atoms with Gasteiger partial charge in [0.05, 0.1) is 23.1 Å². The first-order chi connectivity index (χ1) is 11.3. The van der Waals surface area contributed by atoms with Crippen LogP contribution < -0.4 is 5.62 Å². The number of carbonyl (C=O) groups excluding carboxylic acids is 1. The molecule has 7 heteroatoms. The van der Waals surface area contributed by atoms with Crippen molar-refractivity contribution in [1.29, 1.82) is 5.41 Å². The molecule has 0 unspecified atom stereocenters. The van der Waals surface area contributed by atoms with Gasteiger partial charge in [0.2, 0.25) is 5.62 Å². The molecule has 0 atom stereocenters. The molecule has 1 heterocycles. The van der Waals surface area contributed by atoms with E-state index in [2.05, 4.69) is 0 Å². The molecule has 0 aliphatic rings. The topological polar surface area (TPSA) is 50.8 Å². The number of Topliss-reactive ketones (excluding diaryl/α,β-unsaturated/α-hetero) is 1. The molecule has 4 nitrogen and oxygen atoms in total. The summed E-state index contributed by atoms with van der Waals surface area (Å²) in [5, 5.41) is 8.11. The Morgan fingerprint density at radius 3 is 2.42 bits per heavy atom. The predicted molar refractivity (Wildman–Crippen MR) is 82.5 cm³/mol. The van der Waals surface area contributed by atoms with Crippen LogP contribution in [0.25, 0.3) is 11.0 Å². The first kappa shape index (κ1) is 16.0. The summed E-state index contributed by atoms with van der Waals surface area (Å²) in [5.41, 5.74) is 0.688. The first-order valence-electron chi connectivity index (χ1n) is 7.18. The summed E-state index contributed by atoms with van der Waals surface area (Å²) in [4.78, 5) is 12.4. The smallest absolute Gasteiger partial charge is 0.313 e. The Labute approximate surface area is 135 Å². The van der Waals surface area contributed by atoms with Crippen molar-refractivity contribution in [3.8, 4) is 0 Å². The van der Waals surface area contributed by atoms with Crippen LogP contribution in [0.2, 0.25) is 0 Å². The van der Waals surface area contributed by atoms with Gasteiger partial charge in [-0.05, 0) is 24.3 Å². The number of aromatic nitrogens is 2. The highest BCUT2D eigenvalue weighted by molar-refractivity contribution is 5.96. The molecule has 0 saturated heterocycles. The van der Waals surface area contributed by atoms with Crippen LogP contribution in [0.5, 0.6) is 0 Å². The number of carbonyl (C=O) groups is 1. The Kier molecular flexibility index (Phi) is 3.79. The summed E-state index contributed by atoms with van der Waals surface area (Å²) in [6.07, 6.45) is -4.50. The number of para-hydroxylation sites is 2. The van der Waals surface area contributed by atoms with Crippen LogP contribution in [-0.4, -0.2) is 14.9 Å². The van der Waals surface area contributed by atoms with Crippen LogP contribution in [0.4, 0.5) is 13.2 Å². The number of imidazole rings is 1. The van der Waals surface area contributed by atoms with Crippen molar-refractivity contribution in [3.63, 3.8) is 0 Å². The van der Waals surface area contributed by atoms with Gasteiger partial charge >= 0.3 is 6.18 Å². The third-order valence-corrected chi connectivity index (χ3v) is 3.92. The standard InChI is InChI=1S/C17H14F3N3O/c1-22-13-7-2-3-8-14(13)23(16(22)21)10-15(24)11-5-4-6-12(9-11)17(18,19)20/h2-9,21H,10H2,1H3. The molecular formula is C17H14F3N3O. The SMILES string of the molecule is Cn1c(=N)n(CC(=O)c2cccc(C(F)(F)F)c2)c2ccccc21. The number of benzene rings is 2. The summed E-state index contributed by atoms with van der Waals surface area (Å²) < 4.78 is 41.5. The molecule has 1 N–H and O–H groups in total. The number of alkyl halides is 3. The zero-order valence-electron chi connectivity index (χ0n) is 12.8. The summed E-state index contributed by atoms with van der Waals surface area (Å²) in [7, 11) is 1.70. The van der Waals surface area contributed by atoms with Crippen molar-refractivity contribution in [2.45, 2.75) is 12.7 Å². The number of halogens is 3. The summed E-state index contributed by atoms with van der Waals surface area (Å²) >= 11 is 0. The second kappa shape index (κ2) is 5.67. The lowest BCUT2D eigenvalue weighted by atomic mass is 10.1. The van der Waals surface area contributed by atoms with Crippen molar-refractivity contribution in [3.05, 3.63) is 65.3 Å². The number of hydrogen-bond acceptors (Lipinski definition) is 2. The van der Waals surface area contributed by atoms with Crippen molar-refractivity contribution >= 4 is 16.8 Å². The Morgan fingerprint density at radius 2 is 1.75 bits per heavy atom. The number of aryl methyl sites for hydroxylation is 1. The first-order valence-corrected chi connectivity index (χ1v) is 7.18. The number of hydrogen-bond donors (Lipinski definition) is 1. The lowest BCUT2D eigenvalue weighted by Crippen LogP contribution is -2.26. The number of fused-ring (bicyclic) bond motifs is 1. The third-order valence-electron chi connectivity index (χ3n) is 3.92. The van der Waals surface area contributed by atoms with E-state index in [-0.39, 0.29) is 17.7 Å². The predicted octanol–water partition coefficient (Wildman–Crippen LogP) is 3.36. The highest BCUT2D eigenvalue weighted by Gasteiger charge is 2.30. The van der Waals surface area contributed by atoms with Crippen molar-refractivity contribution < 1.29 is 18.0 Å². The minimum Gasteiger partial charge on any atom is -0.313 e. The molecule has 0 bridgehead atoms. The zero-order chi connectivity index (χ0) is 17.5. The van der Waals surface area contributed by atoms with E-state index in [1.165, 1.54) is 16.7 Å². The molecule has 2 aromatic carbocycles. The van der Waals surface area contributed by atoms with E-state index in [0.717, 1.165) is 17.6 Å². The van der Waals surface area contributed by atoms with E-state index in [1.807, 2.05) is 12.1 Å². The molecule has 0 fully saturated rings. The molecule has 0 aliphatic heterocycles. The van der Waals surface area contributed by atoms with Crippen LogP contribution in [0.3, 0.4) is 0 Å². The van der Waals surface area contributed by atoms with Gasteiger partial charge < -0.3 is 9.13 Å². The molecule has 0 aliphatic carbocycles. The monoisotopic (exact) mass is 333 g/mol. The Morgan fingerprint density at radius 1 is 1.08 bits per heavy atom. The van der Waals surface area contributed by atoms with E-state index < -0.39 is 17.5 Å². The van der Waals surface area contributed by atoms with Crippen molar-refractivity contribution in [2.75, 3.05) is 0 Å². The van der Waals surface area contributed by atoms with E-state index in [1.54, 1.807) is 23.7 Å². The maximum Gasteiger partial charge on any atom is 0.416 e. The number of nitrogens with one attached hydrogen (secondary N) is 1. The molecule has 24 heavy (non-hydrogen) atoms. The minimum atomic E-state index is -4.50. The fraction of sp³-hybridized carbons (Fsp3) is 0.176. The maximum atomic E-state index is 12.8. The number of ketones is 1. The molecule has 0 radical (unpaired) electrons. The lowest BCUT2D eigenvalue weighted by molar-refractivity contribution is -0.137. The Hall–Kier alpha value is -2.83. The van der Waals surface area contributed by atoms with E-state index >= 15 is 0 Å². The van der Waals surface area contributed by atoms with E-state index in [4.69, 9.17) is 5.41 Å². The van der Waals surface area contributed by atoms with Gasteiger partial charge in [0, 0.05) is 12.6 Å². The molecular weight excluding hydrogens is 319 g/mol. The van der Waals surface area contributed by atoms with Gasteiger partial charge in [0.15, 0.2) is 5.78 Å². The molecule has 3 aromatic rings. The van der Waals surface area contributed by atoms with Gasteiger partial charge in [0.25, 0.3) is 0 Å². The molecule has 0 amide bonds. The largest absolute Gasteiger partial charge is 0.416 e. The van der Waals surface area contributed by atoms with Gasteiger partial charge in [-0.2, -0.15) is 13.2 Å². The molecule has 0 saturated carbocycles. The van der Waals surface area contributed by atoms with Crippen molar-refractivity contribution in [2.24, 2.45) is 7.05 Å². The van der Waals surface area contributed by atoms with Crippen LogP contribution in [-0.2, 0) is 19.8 Å². The number of nitrogens with zero attached hydrogens (tertiary/aromatic N) is 2. The Balaban J connectivity index is 2.00. The fourth-order valence-corrected chi connectivity index (χ4v) is 2.65. The quantitative estimate of drug-likeness (QED) is 0.734. The second-order valence-electron chi connectivity index (χ2n) is 5.46. The molecule has 3 rings (SSSR count). The van der Waals surface area contributed by atoms with E-state index in [0.29, 0.717) is 5.52 Å². The van der Waals surface area contributed by atoms with E-state index in [9.17, 15) is 18.0 Å².